The molecule has 4 nitrogen and oxygen atoms in total. The van der Waals surface area contributed by atoms with Crippen molar-refractivity contribution in [3.8, 4) is 0 Å². The molecule has 0 amide bonds. The number of hydrogen-bond acceptors (Lipinski definition) is 3. The number of nitrogens with zero attached hydrogens (tertiary/aromatic N) is 1. The Morgan fingerprint density at radius 2 is 2.38 bits per heavy atom. The van der Waals surface area contributed by atoms with Crippen LogP contribution < -0.4 is 5.73 Å². The van der Waals surface area contributed by atoms with E-state index in [9.17, 15) is 4.79 Å². The highest BCUT2D eigenvalue weighted by molar-refractivity contribution is 6.32. The molecule has 0 radical (unpaired) electrons. The highest BCUT2D eigenvalue weighted by Crippen LogP contribution is 2.17. The molecule has 0 saturated carbocycles. The predicted molar refractivity (Wildman–Crippen MR) is 48.8 cm³/mol. The molecule has 1 atom stereocenters. The van der Waals surface area contributed by atoms with Gasteiger partial charge in [0.2, 0.25) is 0 Å². The fourth-order valence-corrected chi connectivity index (χ4v) is 1.05. The Hall–Kier alpha value is -1.13. The van der Waals surface area contributed by atoms with E-state index in [-0.39, 0.29) is 16.8 Å². The normalized spacial score (nSPS) is 12.5. The number of carbonyl (C=O) groups is 1. The van der Waals surface area contributed by atoms with Crippen LogP contribution in [0.2, 0.25) is 5.15 Å². The average molecular weight is 201 g/mol. The number of pyridine rings is 1. The van der Waals surface area contributed by atoms with Crippen molar-refractivity contribution in [1.29, 1.82) is 0 Å². The number of carboxylic acid groups (broad SMARTS) is 1. The standard InChI is InChI=1S/C8H9ClN2O2/c1-4(10)5-2-6(8(12)13)7(9)11-3-5/h2-4H,10H2,1H3,(H,12,13)/t4-/m1/s1. The molecule has 1 aromatic heterocycles. The summed E-state index contributed by atoms with van der Waals surface area (Å²) in [6, 6.07) is 1.19. The quantitative estimate of drug-likeness (QED) is 0.709. The summed E-state index contributed by atoms with van der Waals surface area (Å²) in [4.78, 5) is 14.4. The van der Waals surface area contributed by atoms with Gasteiger partial charge < -0.3 is 10.8 Å². The average Bonchev–Trinajstić information content (AvgIpc) is 2.04. The molecule has 0 bridgehead atoms. The lowest BCUT2D eigenvalue weighted by Gasteiger charge is -2.06. The van der Waals surface area contributed by atoms with E-state index in [0.717, 1.165) is 0 Å². The van der Waals surface area contributed by atoms with Gasteiger partial charge in [0, 0.05) is 12.2 Å². The summed E-state index contributed by atoms with van der Waals surface area (Å²) in [6.07, 6.45) is 1.47. The van der Waals surface area contributed by atoms with Gasteiger partial charge in [-0.1, -0.05) is 11.6 Å². The van der Waals surface area contributed by atoms with Crippen LogP contribution in [0.3, 0.4) is 0 Å². The minimum atomic E-state index is -1.10. The van der Waals surface area contributed by atoms with Gasteiger partial charge in [-0.15, -0.1) is 0 Å². The Labute approximate surface area is 80.3 Å². The van der Waals surface area contributed by atoms with E-state index < -0.39 is 5.97 Å². The first-order valence-corrected chi connectivity index (χ1v) is 4.04. The van der Waals surface area contributed by atoms with Gasteiger partial charge in [-0.2, -0.15) is 0 Å². The SMILES string of the molecule is C[C@@H](N)c1cnc(Cl)c(C(=O)O)c1. The number of hydrogen-bond donors (Lipinski definition) is 2. The molecule has 1 heterocycles. The third-order valence-electron chi connectivity index (χ3n) is 1.62. The van der Waals surface area contributed by atoms with Crippen molar-refractivity contribution in [1.82, 2.24) is 4.98 Å². The minimum absolute atomic E-state index is 0.0168. The van der Waals surface area contributed by atoms with Gasteiger partial charge in [0.05, 0.1) is 5.56 Å². The zero-order valence-electron chi connectivity index (χ0n) is 6.99. The molecule has 0 unspecified atom stereocenters. The van der Waals surface area contributed by atoms with E-state index in [4.69, 9.17) is 22.4 Å². The molecular weight excluding hydrogens is 192 g/mol. The van der Waals surface area contributed by atoms with Gasteiger partial charge in [0.15, 0.2) is 0 Å². The summed E-state index contributed by atoms with van der Waals surface area (Å²) >= 11 is 5.56. The lowest BCUT2D eigenvalue weighted by Crippen LogP contribution is -2.08. The van der Waals surface area contributed by atoms with Crippen molar-refractivity contribution in [2.24, 2.45) is 5.73 Å². The zero-order valence-corrected chi connectivity index (χ0v) is 7.75. The van der Waals surface area contributed by atoms with Crippen LogP contribution in [0.25, 0.3) is 0 Å². The second kappa shape index (κ2) is 3.72. The zero-order chi connectivity index (χ0) is 10.0. The first kappa shape index (κ1) is 9.95. The van der Waals surface area contributed by atoms with Crippen molar-refractivity contribution in [3.63, 3.8) is 0 Å². The first-order valence-electron chi connectivity index (χ1n) is 3.66. The van der Waals surface area contributed by atoms with Gasteiger partial charge in [0.1, 0.15) is 5.15 Å². The second-order valence-corrected chi connectivity index (χ2v) is 3.06. The molecule has 0 aliphatic heterocycles. The molecule has 1 aromatic rings. The summed E-state index contributed by atoms with van der Waals surface area (Å²) in [7, 11) is 0. The molecular formula is C8H9ClN2O2. The number of rotatable bonds is 2. The van der Waals surface area contributed by atoms with Crippen LogP contribution in [0.15, 0.2) is 12.3 Å². The summed E-state index contributed by atoms with van der Waals surface area (Å²) in [5.41, 5.74) is 6.19. The van der Waals surface area contributed by atoms with E-state index in [1.807, 2.05) is 0 Å². The van der Waals surface area contributed by atoms with E-state index in [0.29, 0.717) is 5.56 Å². The van der Waals surface area contributed by atoms with Crippen LogP contribution in [-0.4, -0.2) is 16.1 Å². The molecule has 0 aliphatic carbocycles. The van der Waals surface area contributed by atoms with Crippen molar-refractivity contribution < 1.29 is 9.90 Å². The number of nitrogens with two attached hydrogens (primary N) is 1. The third-order valence-corrected chi connectivity index (χ3v) is 1.92. The molecule has 0 spiro atoms. The second-order valence-electron chi connectivity index (χ2n) is 2.70. The summed E-state index contributed by atoms with van der Waals surface area (Å²) in [5, 5.41) is 8.69. The van der Waals surface area contributed by atoms with E-state index in [1.165, 1.54) is 12.3 Å². The highest BCUT2D eigenvalue weighted by Gasteiger charge is 2.11. The number of carboxylic acids is 1. The molecule has 0 aromatic carbocycles. The van der Waals surface area contributed by atoms with Crippen LogP contribution >= 0.6 is 11.6 Å². The van der Waals surface area contributed by atoms with Crippen molar-refractivity contribution in [2.45, 2.75) is 13.0 Å². The molecule has 3 N–H and O–H groups in total. The maximum absolute atomic E-state index is 10.6. The van der Waals surface area contributed by atoms with Crippen molar-refractivity contribution in [2.75, 3.05) is 0 Å². The third kappa shape index (κ3) is 2.17. The van der Waals surface area contributed by atoms with Crippen LogP contribution in [0.1, 0.15) is 28.9 Å². The Bertz CT molecular complexity index is 339. The fourth-order valence-electron chi connectivity index (χ4n) is 0.863. The molecule has 0 aliphatic rings. The van der Waals surface area contributed by atoms with E-state index in [2.05, 4.69) is 4.98 Å². The number of aromatic carboxylic acids is 1. The van der Waals surface area contributed by atoms with Crippen LogP contribution in [0.4, 0.5) is 0 Å². The predicted octanol–water partition coefficient (Wildman–Crippen LogP) is 1.45. The summed E-state index contributed by atoms with van der Waals surface area (Å²) in [6.45, 7) is 1.75. The first-order chi connectivity index (χ1) is 6.02. The molecule has 13 heavy (non-hydrogen) atoms. The summed E-state index contributed by atoms with van der Waals surface area (Å²) in [5.74, 6) is -1.10. The monoisotopic (exact) mass is 200 g/mol. The van der Waals surface area contributed by atoms with Gasteiger partial charge >= 0.3 is 5.97 Å². The Kier molecular flexibility index (Phi) is 2.85. The Morgan fingerprint density at radius 1 is 1.77 bits per heavy atom. The van der Waals surface area contributed by atoms with Crippen LogP contribution in [-0.2, 0) is 0 Å². The minimum Gasteiger partial charge on any atom is -0.478 e. The molecule has 0 saturated heterocycles. The van der Waals surface area contributed by atoms with Gasteiger partial charge in [-0.3, -0.25) is 0 Å². The van der Waals surface area contributed by atoms with Crippen LogP contribution in [0.5, 0.6) is 0 Å². The lowest BCUT2D eigenvalue weighted by atomic mass is 10.1. The Balaban J connectivity index is 3.19. The van der Waals surface area contributed by atoms with Gasteiger partial charge in [-0.25, -0.2) is 9.78 Å². The van der Waals surface area contributed by atoms with Gasteiger partial charge in [0.25, 0.3) is 0 Å². The molecule has 0 fully saturated rings. The Morgan fingerprint density at radius 3 is 2.85 bits per heavy atom. The van der Waals surface area contributed by atoms with Crippen molar-refractivity contribution in [3.05, 3.63) is 28.5 Å². The molecule has 1 rings (SSSR count). The molecule has 70 valence electrons. The number of halogens is 1. The smallest absolute Gasteiger partial charge is 0.338 e. The maximum Gasteiger partial charge on any atom is 0.338 e. The lowest BCUT2D eigenvalue weighted by molar-refractivity contribution is 0.0696. The molecule has 5 heteroatoms. The van der Waals surface area contributed by atoms with Crippen LogP contribution in [0, 0.1) is 0 Å². The largest absolute Gasteiger partial charge is 0.478 e. The topological polar surface area (TPSA) is 76.2 Å². The van der Waals surface area contributed by atoms with Gasteiger partial charge in [-0.05, 0) is 18.6 Å². The summed E-state index contributed by atoms with van der Waals surface area (Å²) < 4.78 is 0. The van der Waals surface area contributed by atoms with Crippen molar-refractivity contribution >= 4 is 17.6 Å². The maximum atomic E-state index is 10.6. The van der Waals surface area contributed by atoms with E-state index >= 15 is 0 Å². The fraction of sp³-hybridized carbons (Fsp3) is 0.250. The van der Waals surface area contributed by atoms with E-state index in [1.54, 1.807) is 6.92 Å². The highest BCUT2D eigenvalue weighted by atomic mass is 35.5. The number of aromatic nitrogens is 1.